The highest BCUT2D eigenvalue weighted by atomic mass is 32.2. The summed E-state index contributed by atoms with van der Waals surface area (Å²) in [6.45, 7) is 3.72. The van der Waals surface area contributed by atoms with E-state index in [1.165, 1.54) is 0 Å². The maximum absolute atomic E-state index is 13.5. The van der Waals surface area contributed by atoms with E-state index < -0.39 is 22.6 Å². The van der Waals surface area contributed by atoms with E-state index in [0.717, 1.165) is 23.1 Å². The van der Waals surface area contributed by atoms with E-state index in [9.17, 15) is 8.78 Å². The van der Waals surface area contributed by atoms with Gasteiger partial charge in [0.15, 0.2) is 11.6 Å². The molecule has 0 spiro atoms. The number of hydrogen-bond donors (Lipinski definition) is 3. The highest BCUT2D eigenvalue weighted by Crippen LogP contribution is 2.25. The van der Waals surface area contributed by atoms with Gasteiger partial charge in [-0.05, 0) is 26.0 Å². The second kappa shape index (κ2) is 5.97. The number of H-pyrrole nitrogens is 2. The molecule has 4 N–H and O–H groups in total. The molecule has 1 aromatic carbocycles. The lowest BCUT2D eigenvalue weighted by atomic mass is 10.3. The zero-order valence-electron chi connectivity index (χ0n) is 10.9. The monoisotopic (exact) mass is 305 g/mol. The Labute approximate surface area is 116 Å². The fourth-order valence-electron chi connectivity index (χ4n) is 1.37. The molecular weight excluding hydrogens is 290 g/mol. The molecule has 20 heavy (non-hydrogen) atoms. The van der Waals surface area contributed by atoms with Crippen molar-refractivity contribution in [2.45, 2.75) is 20.0 Å². The maximum Gasteiger partial charge on any atom is 0.274 e. The van der Waals surface area contributed by atoms with Crippen molar-refractivity contribution in [2.24, 2.45) is 0 Å². The molecule has 0 aliphatic rings. The lowest BCUT2D eigenvalue weighted by Crippen LogP contribution is -2.19. The number of nitrogens with two attached hydrogens (primary N) is 1. The molecule has 1 aromatic heterocycles. The third-order valence-electron chi connectivity index (χ3n) is 2.04. The second-order valence-corrected chi connectivity index (χ2v) is 5.38. The number of nitrogens with zero attached hydrogens (tertiary/aromatic N) is 1. The van der Waals surface area contributed by atoms with Crippen LogP contribution < -0.4 is 14.8 Å². The van der Waals surface area contributed by atoms with Crippen LogP contribution >= 0.6 is 10.9 Å². The standard InChI is InChI=1S/C11H15F2N4O2S/c1-7(2)19-20-6-11(15-17(14)16-20)18-10-5-8(12)3-4-9(10)13/h3-7,15-16H,14H2,1-2H3/q+1. The van der Waals surface area contributed by atoms with Crippen molar-refractivity contribution in [1.29, 1.82) is 0 Å². The molecule has 0 radical (unpaired) electrons. The molecule has 0 fully saturated rings. The molecule has 2 rings (SSSR count). The van der Waals surface area contributed by atoms with Gasteiger partial charge < -0.3 is 10.6 Å². The normalized spacial score (nSPS) is 11.8. The number of benzene rings is 1. The maximum atomic E-state index is 13.5. The van der Waals surface area contributed by atoms with Crippen LogP contribution in [0.15, 0.2) is 23.6 Å². The number of aromatic amines is 2. The van der Waals surface area contributed by atoms with Crippen molar-refractivity contribution >= 4 is 10.9 Å². The van der Waals surface area contributed by atoms with Gasteiger partial charge in [-0.3, -0.25) is 0 Å². The smallest absolute Gasteiger partial charge is 0.274 e. The molecule has 1 heterocycles. The summed E-state index contributed by atoms with van der Waals surface area (Å²) in [7, 11) is -0.835. The lowest BCUT2D eigenvalue weighted by molar-refractivity contribution is 0.327. The summed E-state index contributed by atoms with van der Waals surface area (Å²) in [6.07, 6.45) is -0.0410. The van der Waals surface area contributed by atoms with Crippen molar-refractivity contribution in [2.75, 3.05) is 5.84 Å². The van der Waals surface area contributed by atoms with Gasteiger partial charge in [0.25, 0.3) is 22.2 Å². The molecule has 0 saturated carbocycles. The topological polar surface area (TPSA) is 81.0 Å². The van der Waals surface area contributed by atoms with Gasteiger partial charge in [-0.15, -0.1) is 4.18 Å². The molecule has 0 aliphatic heterocycles. The first-order valence-corrected chi connectivity index (χ1v) is 6.98. The summed E-state index contributed by atoms with van der Waals surface area (Å²) in [4.78, 5) is 1.03. The van der Waals surface area contributed by atoms with Crippen molar-refractivity contribution in [3.05, 3.63) is 35.2 Å². The van der Waals surface area contributed by atoms with E-state index in [1.807, 2.05) is 13.8 Å². The lowest BCUT2D eigenvalue weighted by Gasteiger charge is -2.07. The van der Waals surface area contributed by atoms with Gasteiger partial charge in [-0.1, -0.05) is 9.39 Å². The molecule has 9 heteroatoms. The summed E-state index contributed by atoms with van der Waals surface area (Å²) in [5.41, 5.74) is 0. The zero-order valence-corrected chi connectivity index (χ0v) is 11.7. The zero-order chi connectivity index (χ0) is 14.7. The van der Waals surface area contributed by atoms with E-state index >= 15 is 0 Å². The van der Waals surface area contributed by atoms with Gasteiger partial charge in [0.05, 0.1) is 0 Å². The number of nitrogens with one attached hydrogen (secondary N) is 2. The minimum atomic E-state index is -0.835. The van der Waals surface area contributed by atoms with Gasteiger partial charge in [-0.25, -0.2) is 13.9 Å². The SMILES string of the molecule is CC(C)O[s+]1cc(Oc2cc(F)ccc2F)[nH]n(N)[nH]1. The molecule has 110 valence electrons. The van der Waals surface area contributed by atoms with E-state index in [-0.39, 0.29) is 17.7 Å². The predicted molar refractivity (Wildman–Crippen MR) is 71.5 cm³/mol. The van der Waals surface area contributed by atoms with Crippen LogP contribution in [0.25, 0.3) is 0 Å². The number of aromatic nitrogens is 3. The van der Waals surface area contributed by atoms with Crippen molar-refractivity contribution in [3.8, 4) is 11.6 Å². The summed E-state index contributed by atoms with van der Waals surface area (Å²) in [5, 5.41) is 4.14. The quantitative estimate of drug-likeness (QED) is 0.600. The second-order valence-electron chi connectivity index (χ2n) is 4.17. The van der Waals surface area contributed by atoms with Gasteiger partial charge in [0.1, 0.15) is 11.9 Å². The molecule has 0 bridgehead atoms. The third-order valence-corrected chi connectivity index (χ3v) is 3.44. The Morgan fingerprint density at radius 3 is 2.80 bits per heavy atom. The Morgan fingerprint density at radius 1 is 1.35 bits per heavy atom. The van der Waals surface area contributed by atoms with Gasteiger partial charge in [0, 0.05) is 6.07 Å². The largest absolute Gasteiger partial charge is 0.432 e. The van der Waals surface area contributed by atoms with Crippen molar-refractivity contribution in [1.82, 2.24) is 14.5 Å². The van der Waals surface area contributed by atoms with Crippen molar-refractivity contribution < 1.29 is 17.7 Å². The summed E-state index contributed by atoms with van der Waals surface area (Å²) >= 11 is 0. The number of rotatable bonds is 4. The summed E-state index contributed by atoms with van der Waals surface area (Å²) in [5.74, 6) is 4.18. The fraction of sp³-hybridized carbons (Fsp3) is 0.273. The molecule has 0 saturated heterocycles. The van der Waals surface area contributed by atoms with Crippen LogP contribution in [0.5, 0.6) is 11.6 Å². The Balaban J connectivity index is 2.28. The summed E-state index contributed by atoms with van der Waals surface area (Å²) < 4.78 is 40.1. The Hall–Kier alpha value is -2.00. The van der Waals surface area contributed by atoms with Crippen LogP contribution in [0.3, 0.4) is 0 Å². The minimum Gasteiger partial charge on any atom is -0.432 e. The Morgan fingerprint density at radius 2 is 2.10 bits per heavy atom. The number of halogens is 2. The van der Waals surface area contributed by atoms with Crippen LogP contribution in [0.2, 0.25) is 0 Å². The summed E-state index contributed by atoms with van der Waals surface area (Å²) in [6, 6.07) is 2.94. The van der Waals surface area contributed by atoms with Crippen LogP contribution in [-0.4, -0.2) is 20.6 Å². The highest BCUT2D eigenvalue weighted by molar-refractivity contribution is 7.19. The molecule has 6 nitrogen and oxygen atoms in total. The van der Waals surface area contributed by atoms with Crippen LogP contribution in [0, 0.1) is 11.6 Å². The molecule has 1 atom stereocenters. The van der Waals surface area contributed by atoms with E-state index in [1.54, 1.807) is 5.38 Å². The Kier molecular flexibility index (Phi) is 4.30. The molecule has 1 unspecified atom stereocenters. The van der Waals surface area contributed by atoms with E-state index in [4.69, 9.17) is 14.8 Å². The van der Waals surface area contributed by atoms with E-state index in [0.29, 0.717) is 0 Å². The first-order valence-electron chi connectivity index (χ1n) is 5.77. The van der Waals surface area contributed by atoms with Gasteiger partial charge in [-0.2, -0.15) is 0 Å². The molecule has 0 aliphatic carbocycles. The average molecular weight is 305 g/mol. The molecule has 2 aromatic rings. The third kappa shape index (κ3) is 3.75. The van der Waals surface area contributed by atoms with Crippen LogP contribution in [0.1, 0.15) is 13.8 Å². The van der Waals surface area contributed by atoms with Gasteiger partial charge in [0.2, 0.25) is 0 Å². The molecular formula is C11H15F2N4O2S+. The highest BCUT2D eigenvalue weighted by Gasteiger charge is 2.15. The van der Waals surface area contributed by atoms with Crippen LogP contribution in [0.4, 0.5) is 8.78 Å². The molecule has 0 amide bonds. The van der Waals surface area contributed by atoms with E-state index in [2.05, 4.69) is 9.59 Å². The minimum absolute atomic E-state index is 0.0410. The van der Waals surface area contributed by atoms with Gasteiger partial charge >= 0.3 is 0 Å². The number of hydrogen-bond acceptors (Lipinski definition) is 3. The fourth-order valence-corrected chi connectivity index (χ4v) is 2.47. The van der Waals surface area contributed by atoms with Crippen molar-refractivity contribution in [3.63, 3.8) is 0 Å². The van der Waals surface area contributed by atoms with Crippen LogP contribution in [-0.2, 0) is 0 Å². The predicted octanol–water partition coefficient (Wildman–Crippen LogP) is 2.64. The first-order chi connectivity index (χ1) is 9.44. The average Bonchev–Trinajstić information content (AvgIpc) is 2.32. The first kappa shape index (κ1) is 14.4. The Bertz CT molecular complexity index is 627. The number of ether oxygens (including phenoxy) is 1. The number of nitrogen functional groups attached to an aromatic ring is 1.